The molecule has 0 bridgehead atoms. The zero-order valence-electron chi connectivity index (χ0n) is 12.6. The highest BCUT2D eigenvalue weighted by Crippen LogP contribution is 2.31. The van der Waals surface area contributed by atoms with Crippen molar-refractivity contribution in [3.63, 3.8) is 0 Å². The summed E-state index contributed by atoms with van der Waals surface area (Å²) in [6, 6.07) is 4.04. The standard InChI is InChI=1S/C14H24O.C4H4S/c15-14(13-9-5-2-6-10-13)11-12-7-3-1-4-8-12;1-2-4-5-3-1/h12-13H,1-11H2;1-4H. The van der Waals surface area contributed by atoms with Gasteiger partial charge in [-0.05, 0) is 29.5 Å². The van der Waals surface area contributed by atoms with Gasteiger partial charge in [0.25, 0.3) is 0 Å². The molecule has 3 rings (SSSR count). The van der Waals surface area contributed by atoms with Crippen LogP contribution in [0.4, 0.5) is 0 Å². The molecule has 112 valence electrons. The number of rotatable bonds is 3. The van der Waals surface area contributed by atoms with Crippen molar-refractivity contribution < 1.29 is 4.79 Å². The number of thiophene rings is 1. The van der Waals surface area contributed by atoms with Crippen molar-refractivity contribution in [1.82, 2.24) is 0 Å². The Morgan fingerprint density at radius 3 is 1.90 bits per heavy atom. The normalized spacial score (nSPS) is 21.0. The molecule has 0 atom stereocenters. The number of Topliss-reactive ketones (excluding diaryl/α,β-unsaturated/α-hetero) is 1. The van der Waals surface area contributed by atoms with E-state index in [1.54, 1.807) is 11.3 Å². The molecule has 1 heterocycles. The third kappa shape index (κ3) is 5.78. The Morgan fingerprint density at radius 1 is 0.850 bits per heavy atom. The summed E-state index contributed by atoms with van der Waals surface area (Å²) in [6.07, 6.45) is 14.0. The highest BCUT2D eigenvalue weighted by Gasteiger charge is 2.24. The lowest BCUT2D eigenvalue weighted by atomic mass is 9.79. The van der Waals surface area contributed by atoms with Crippen LogP contribution in [0.1, 0.15) is 70.6 Å². The largest absolute Gasteiger partial charge is 0.299 e. The van der Waals surface area contributed by atoms with Gasteiger partial charge in [0, 0.05) is 12.3 Å². The Labute approximate surface area is 127 Å². The molecule has 1 nitrogen and oxygen atoms in total. The molecule has 0 unspecified atom stereocenters. The first-order chi connectivity index (χ1) is 9.86. The van der Waals surface area contributed by atoms with Crippen LogP contribution in [-0.4, -0.2) is 5.78 Å². The molecule has 1 aromatic rings. The van der Waals surface area contributed by atoms with Gasteiger partial charge in [0.1, 0.15) is 5.78 Å². The quantitative estimate of drug-likeness (QED) is 0.682. The monoisotopic (exact) mass is 292 g/mol. The lowest BCUT2D eigenvalue weighted by Gasteiger charge is -2.25. The van der Waals surface area contributed by atoms with Gasteiger partial charge < -0.3 is 0 Å². The van der Waals surface area contributed by atoms with E-state index >= 15 is 0 Å². The van der Waals surface area contributed by atoms with E-state index in [-0.39, 0.29) is 0 Å². The first-order valence-electron chi connectivity index (χ1n) is 8.36. The summed E-state index contributed by atoms with van der Waals surface area (Å²) in [7, 11) is 0. The summed E-state index contributed by atoms with van der Waals surface area (Å²) in [5.74, 6) is 1.79. The third-order valence-corrected chi connectivity index (χ3v) is 5.33. The average molecular weight is 292 g/mol. The number of hydrogen-bond donors (Lipinski definition) is 0. The lowest BCUT2D eigenvalue weighted by Crippen LogP contribution is -2.21. The van der Waals surface area contributed by atoms with Crippen molar-refractivity contribution >= 4 is 17.1 Å². The molecule has 2 aliphatic rings. The van der Waals surface area contributed by atoms with Crippen molar-refractivity contribution in [1.29, 1.82) is 0 Å². The Hall–Kier alpha value is -0.630. The van der Waals surface area contributed by atoms with Crippen molar-refractivity contribution in [2.75, 3.05) is 0 Å². The number of ketones is 1. The first kappa shape index (κ1) is 15.8. The number of carbonyl (C=O) groups is 1. The fraction of sp³-hybridized carbons (Fsp3) is 0.722. The minimum Gasteiger partial charge on any atom is -0.299 e. The van der Waals surface area contributed by atoms with Crippen LogP contribution in [0.3, 0.4) is 0 Å². The number of hydrogen-bond acceptors (Lipinski definition) is 2. The van der Waals surface area contributed by atoms with Gasteiger partial charge in [0.2, 0.25) is 0 Å². The van der Waals surface area contributed by atoms with E-state index in [0.29, 0.717) is 11.7 Å². The maximum atomic E-state index is 12.1. The summed E-state index contributed by atoms with van der Waals surface area (Å²) in [5.41, 5.74) is 0. The van der Waals surface area contributed by atoms with Crippen LogP contribution in [-0.2, 0) is 4.79 Å². The van der Waals surface area contributed by atoms with E-state index in [4.69, 9.17) is 0 Å². The lowest BCUT2D eigenvalue weighted by molar-refractivity contribution is -0.124. The van der Waals surface area contributed by atoms with Gasteiger partial charge in [-0.3, -0.25) is 4.79 Å². The molecule has 0 aliphatic heterocycles. The smallest absolute Gasteiger partial charge is 0.136 e. The SMILES string of the molecule is O=C(CC1CCCCC1)C1CCCCC1.c1ccsc1. The molecule has 0 radical (unpaired) electrons. The Morgan fingerprint density at radius 2 is 1.40 bits per heavy atom. The minimum absolute atomic E-state index is 0.445. The van der Waals surface area contributed by atoms with Crippen LogP contribution in [0.5, 0.6) is 0 Å². The summed E-state index contributed by atoms with van der Waals surface area (Å²) in [6.45, 7) is 0. The van der Waals surface area contributed by atoms with E-state index in [9.17, 15) is 4.79 Å². The van der Waals surface area contributed by atoms with Gasteiger partial charge in [0.05, 0.1) is 0 Å². The molecule has 20 heavy (non-hydrogen) atoms. The molecule has 0 amide bonds. The minimum atomic E-state index is 0.445. The predicted molar refractivity (Wildman–Crippen MR) is 87.1 cm³/mol. The predicted octanol–water partition coefficient (Wildman–Crippen LogP) is 5.85. The van der Waals surface area contributed by atoms with E-state index < -0.39 is 0 Å². The highest BCUT2D eigenvalue weighted by atomic mass is 32.1. The molecule has 2 saturated carbocycles. The zero-order chi connectivity index (χ0) is 14.0. The fourth-order valence-corrected chi connectivity index (χ4v) is 3.95. The van der Waals surface area contributed by atoms with Crippen LogP contribution in [0.2, 0.25) is 0 Å². The molecule has 2 fully saturated rings. The zero-order valence-corrected chi connectivity index (χ0v) is 13.4. The second-order valence-electron chi connectivity index (χ2n) is 6.30. The molecule has 0 N–H and O–H groups in total. The van der Waals surface area contributed by atoms with Crippen LogP contribution < -0.4 is 0 Å². The van der Waals surface area contributed by atoms with Crippen LogP contribution in [0.15, 0.2) is 22.9 Å². The molecular weight excluding hydrogens is 264 g/mol. The average Bonchev–Trinajstić information content (AvgIpc) is 3.09. The maximum absolute atomic E-state index is 12.1. The van der Waals surface area contributed by atoms with Gasteiger partial charge in [-0.1, -0.05) is 63.5 Å². The van der Waals surface area contributed by atoms with Crippen LogP contribution in [0, 0.1) is 11.8 Å². The van der Waals surface area contributed by atoms with Gasteiger partial charge in [0.15, 0.2) is 0 Å². The molecule has 1 aromatic heterocycles. The molecule has 0 saturated heterocycles. The van der Waals surface area contributed by atoms with Gasteiger partial charge >= 0.3 is 0 Å². The topological polar surface area (TPSA) is 17.1 Å². The first-order valence-corrected chi connectivity index (χ1v) is 9.30. The van der Waals surface area contributed by atoms with Crippen LogP contribution >= 0.6 is 11.3 Å². The van der Waals surface area contributed by atoms with Crippen molar-refractivity contribution in [3.8, 4) is 0 Å². The Kier molecular flexibility index (Phi) is 7.35. The second kappa shape index (κ2) is 9.33. The molecule has 0 aromatic carbocycles. The van der Waals surface area contributed by atoms with E-state index in [2.05, 4.69) is 0 Å². The summed E-state index contributed by atoms with van der Waals surface area (Å²) < 4.78 is 0. The Bertz CT molecular complexity index is 328. The van der Waals surface area contributed by atoms with Crippen molar-refractivity contribution in [2.24, 2.45) is 11.8 Å². The summed E-state index contributed by atoms with van der Waals surface area (Å²) in [4.78, 5) is 12.1. The summed E-state index contributed by atoms with van der Waals surface area (Å²) in [5, 5.41) is 4.08. The van der Waals surface area contributed by atoms with Crippen molar-refractivity contribution in [2.45, 2.75) is 70.6 Å². The maximum Gasteiger partial charge on any atom is 0.136 e. The van der Waals surface area contributed by atoms with E-state index in [1.165, 1.54) is 64.2 Å². The fourth-order valence-electron chi connectivity index (χ4n) is 3.49. The molecule has 2 aliphatic carbocycles. The highest BCUT2D eigenvalue weighted by molar-refractivity contribution is 7.07. The van der Waals surface area contributed by atoms with E-state index in [0.717, 1.165) is 12.3 Å². The van der Waals surface area contributed by atoms with Crippen LogP contribution in [0.25, 0.3) is 0 Å². The van der Waals surface area contributed by atoms with Gasteiger partial charge in [-0.15, -0.1) is 0 Å². The van der Waals surface area contributed by atoms with E-state index in [1.807, 2.05) is 22.9 Å². The number of carbonyl (C=O) groups excluding carboxylic acids is 1. The Balaban J connectivity index is 0.000000247. The molecular formula is C18H28OS. The third-order valence-electron chi connectivity index (χ3n) is 4.70. The molecule has 0 spiro atoms. The van der Waals surface area contributed by atoms with Gasteiger partial charge in [-0.25, -0.2) is 0 Å². The van der Waals surface area contributed by atoms with Crippen molar-refractivity contribution in [3.05, 3.63) is 22.9 Å². The second-order valence-corrected chi connectivity index (χ2v) is 7.12. The van der Waals surface area contributed by atoms with Gasteiger partial charge in [-0.2, -0.15) is 11.3 Å². The summed E-state index contributed by atoms with van der Waals surface area (Å²) >= 11 is 1.71. The molecule has 2 heteroatoms.